The second kappa shape index (κ2) is 8.69. The molecule has 0 unspecified atom stereocenters. The molecule has 1 N–H and O–H groups in total. The fraction of sp³-hybridized carbons (Fsp3) is 0.217. The minimum atomic E-state index is -0.744. The Hall–Kier alpha value is -3.16. The summed E-state index contributed by atoms with van der Waals surface area (Å²) in [4.78, 5) is 14.5. The number of aromatic hydroxyl groups is 1. The largest absolute Gasteiger partial charge is 0.504 e. The van der Waals surface area contributed by atoms with Gasteiger partial charge >= 0.3 is 0 Å². The summed E-state index contributed by atoms with van der Waals surface area (Å²) in [6, 6.07) is 18.3. The molecule has 30 heavy (non-hydrogen) atoms. The molecule has 0 radical (unpaired) electrons. The van der Waals surface area contributed by atoms with Gasteiger partial charge in [-0.1, -0.05) is 36.4 Å². The first-order chi connectivity index (χ1) is 14.6. The minimum Gasteiger partial charge on any atom is -0.504 e. The Kier molecular flexibility index (Phi) is 5.83. The van der Waals surface area contributed by atoms with Gasteiger partial charge in [-0.05, 0) is 35.2 Å². The summed E-state index contributed by atoms with van der Waals surface area (Å²) in [7, 11) is 3.03. The number of hydrogen-bond acceptors (Lipinski definition) is 6. The monoisotopic (exact) mass is 422 g/mol. The van der Waals surface area contributed by atoms with Crippen LogP contribution >= 0.6 is 11.3 Å². The van der Waals surface area contributed by atoms with Gasteiger partial charge in [0, 0.05) is 24.0 Å². The first-order valence-electron chi connectivity index (χ1n) is 9.51. The number of hydrogen-bond donors (Lipinski definition) is 1. The molecule has 0 fully saturated rings. The van der Waals surface area contributed by atoms with Crippen molar-refractivity contribution in [3.8, 4) is 11.5 Å². The van der Waals surface area contributed by atoms with E-state index in [1.165, 1.54) is 19.2 Å². The number of rotatable bonds is 6. The van der Waals surface area contributed by atoms with Crippen molar-refractivity contribution in [3.63, 3.8) is 0 Å². The number of nitrogens with zero attached hydrogens (tertiary/aromatic N) is 2. The predicted octanol–water partition coefficient (Wildman–Crippen LogP) is 4.53. The Morgan fingerprint density at radius 3 is 2.63 bits per heavy atom. The van der Waals surface area contributed by atoms with Crippen LogP contribution in [0.2, 0.25) is 0 Å². The lowest BCUT2D eigenvalue weighted by molar-refractivity contribution is -0.144. The molecule has 2 heterocycles. The maximum atomic E-state index is 13.5. The molecule has 0 bridgehead atoms. The average molecular weight is 423 g/mol. The zero-order valence-corrected chi connectivity index (χ0v) is 17.5. The van der Waals surface area contributed by atoms with Gasteiger partial charge < -0.3 is 14.6 Å². The molecule has 7 heteroatoms. The van der Waals surface area contributed by atoms with Crippen LogP contribution in [0.3, 0.4) is 0 Å². The number of benzene rings is 2. The van der Waals surface area contributed by atoms with E-state index in [0.717, 1.165) is 21.7 Å². The van der Waals surface area contributed by atoms with Crippen LogP contribution in [0.15, 0.2) is 71.1 Å². The maximum absolute atomic E-state index is 13.5. The fourth-order valence-electron chi connectivity index (χ4n) is 3.58. The highest BCUT2D eigenvalue weighted by Gasteiger charge is 2.37. The lowest BCUT2D eigenvalue weighted by Gasteiger charge is -2.25. The van der Waals surface area contributed by atoms with Crippen LogP contribution in [-0.4, -0.2) is 36.0 Å². The summed E-state index contributed by atoms with van der Waals surface area (Å²) in [6.45, 7) is 0. The van der Waals surface area contributed by atoms with E-state index in [9.17, 15) is 9.90 Å². The molecule has 1 aliphatic heterocycles. The molecule has 2 aromatic carbocycles. The minimum absolute atomic E-state index is 0.0612. The number of carbonyl (C=O) groups is 1. The number of amides is 1. The third-order valence-corrected chi connectivity index (χ3v) is 6.06. The number of phenols is 1. The van der Waals surface area contributed by atoms with Crippen molar-refractivity contribution in [3.05, 3.63) is 82.0 Å². The standard InChI is InChI=1S/C23H22N2O4S/c1-28-20-13-16(10-11-19(20)26)17-14-18(21-9-6-12-30-21)25(24-17)23(27)22(29-2)15-7-4-3-5-8-15/h3-13,18,22,26H,14H2,1-2H3/t18-,22-/m0/s1. The molecule has 154 valence electrons. The zero-order chi connectivity index (χ0) is 21.1. The van der Waals surface area contributed by atoms with Crippen LogP contribution in [-0.2, 0) is 9.53 Å². The molecule has 0 spiro atoms. The van der Waals surface area contributed by atoms with Gasteiger partial charge in [0.05, 0.1) is 18.9 Å². The molecule has 4 rings (SSSR count). The smallest absolute Gasteiger partial charge is 0.277 e. The van der Waals surface area contributed by atoms with E-state index < -0.39 is 6.10 Å². The van der Waals surface area contributed by atoms with Gasteiger partial charge in [-0.15, -0.1) is 11.3 Å². The van der Waals surface area contributed by atoms with Gasteiger partial charge in [-0.3, -0.25) is 4.79 Å². The van der Waals surface area contributed by atoms with Gasteiger partial charge in [-0.25, -0.2) is 5.01 Å². The number of phenolic OH excluding ortho intramolecular Hbond substituents is 1. The Balaban J connectivity index is 1.71. The molecule has 1 aromatic heterocycles. The first kappa shape index (κ1) is 20.1. The summed E-state index contributed by atoms with van der Waals surface area (Å²) >= 11 is 1.59. The summed E-state index contributed by atoms with van der Waals surface area (Å²) < 4.78 is 10.8. The highest BCUT2D eigenvalue weighted by Crippen LogP contribution is 2.38. The third kappa shape index (κ3) is 3.81. The lowest BCUT2D eigenvalue weighted by atomic mass is 10.0. The Bertz CT molecular complexity index is 1050. The molecule has 1 amide bonds. The summed E-state index contributed by atoms with van der Waals surface area (Å²) in [5.41, 5.74) is 2.34. The van der Waals surface area contributed by atoms with E-state index in [4.69, 9.17) is 9.47 Å². The van der Waals surface area contributed by atoms with Crippen molar-refractivity contribution in [2.75, 3.05) is 14.2 Å². The van der Waals surface area contributed by atoms with Crippen LogP contribution < -0.4 is 4.74 Å². The van der Waals surface area contributed by atoms with Crippen LogP contribution in [0, 0.1) is 0 Å². The Morgan fingerprint density at radius 1 is 1.17 bits per heavy atom. The quantitative estimate of drug-likeness (QED) is 0.634. The Labute approximate surface area is 179 Å². The molecular formula is C23H22N2O4S. The number of ether oxygens (including phenoxy) is 2. The fourth-order valence-corrected chi connectivity index (χ4v) is 4.39. The molecule has 6 nitrogen and oxygen atoms in total. The highest BCUT2D eigenvalue weighted by atomic mass is 32.1. The van der Waals surface area contributed by atoms with Crippen molar-refractivity contribution in [2.24, 2.45) is 5.10 Å². The normalized spacial score (nSPS) is 16.9. The number of carbonyl (C=O) groups excluding carboxylic acids is 1. The van der Waals surface area contributed by atoms with Gasteiger partial charge in [-0.2, -0.15) is 5.10 Å². The van der Waals surface area contributed by atoms with Crippen molar-refractivity contribution in [1.82, 2.24) is 5.01 Å². The molecular weight excluding hydrogens is 400 g/mol. The first-order valence-corrected chi connectivity index (χ1v) is 10.4. The van der Waals surface area contributed by atoms with Crippen molar-refractivity contribution >= 4 is 23.0 Å². The van der Waals surface area contributed by atoms with Crippen molar-refractivity contribution < 1.29 is 19.4 Å². The van der Waals surface area contributed by atoms with Gasteiger partial charge in [0.15, 0.2) is 17.6 Å². The maximum Gasteiger partial charge on any atom is 0.277 e. The second-order valence-electron chi connectivity index (χ2n) is 6.88. The summed E-state index contributed by atoms with van der Waals surface area (Å²) in [5.74, 6) is 0.209. The predicted molar refractivity (Wildman–Crippen MR) is 116 cm³/mol. The van der Waals surface area contributed by atoms with Gasteiger partial charge in [0.2, 0.25) is 0 Å². The third-order valence-electron chi connectivity index (χ3n) is 5.08. The molecule has 0 saturated carbocycles. The van der Waals surface area contributed by atoms with Crippen molar-refractivity contribution in [2.45, 2.75) is 18.6 Å². The topological polar surface area (TPSA) is 71.4 Å². The van der Waals surface area contributed by atoms with E-state index in [1.807, 2.05) is 47.8 Å². The van der Waals surface area contributed by atoms with Crippen LogP contribution in [0.25, 0.3) is 0 Å². The molecule has 0 saturated heterocycles. The molecule has 1 aliphatic rings. The second-order valence-corrected chi connectivity index (χ2v) is 7.86. The number of methoxy groups -OCH3 is 2. The van der Waals surface area contributed by atoms with Gasteiger partial charge in [0.1, 0.15) is 0 Å². The number of hydrazone groups is 1. The van der Waals surface area contributed by atoms with E-state index >= 15 is 0 Å². The van der Waals surface area contributed by atoms with Crippen LogP contribution in [0.1, 0.15) is 34.6 Å². The van der Waals surface area contributed by atoms with E-state index in [2.05, 4.69) is 5.10 Å². The van der Waals surface area contributed by atoms with Crippen LogP contribution in [0.5, 0.6) is 11.5 Å². The van der Waals surface area contributed by atoms with Crippen molar-refractivity contribution in [1.29, 1.82) is 0 Å². The van der Waals surface area contributed by atoms with E-state index in [0.29, 0.717) is 12.2 Å². The average Bonchev–Trinajstić information content (AvgIpc) is 3.45. The molecule has 2 atom stereocenters. The van der Waals surface area contributed by atoms with E-state index in [1.54, 1.807) is 29.5 Å². The number of thiophene rings is 1. The van der Waals surface area contributed by atoms with Crippen LogP contribution in [0.4, 0.5) is 0 Å². The van der Waals surface area contributed by atoms with E-state index in [-0.39, 0.29) is 17.7 Å². The SMILES string of the molecule is COc1cc(C2=NN(C(=O)[C@@H](OC)c3ccccc3)[C@H](c3cccs3)C2)ccc1O. The molecule has 3 aromatic rings. The Morgan fingerprint density at radius 2 is 1.97 bits per heavy atom. The van der Waals surface area contributed by atoms with Gasteiger partial charge in [0.25, 0.3) is 5.91 Å². The molecule has 0 aliphatic carbocycles. The highest BCUT2D eigenvalue weighted by molar-refractivity contribution is 7.10. The summed E-state index contributed by atoms with van der Waals surface area (Å²) in [5, 5.41) is 18.1. The summed E-state index contributed by atoms with van der Waals surface area (Å²) in [6.07, 6.45) is -0.183. The zero-order valence-electron chi connectivity index (χ0n) is 16.7. The lowest BCUT2D eigenvalue weighted by Crippen LogP contribution is -2.32.